The van der Waals surface area contributed by atoms with E-state index in [0.29, 0.717) is 32.5 Å². The van der Waals surface area contributed by atoms with Gasteiger partial charge in [0.2, 0.25) is 0 Å². The van der Waals surface area contributed by atoms with Crippen LogP contribution in [0.25, 0.3) is 0 Å². The van der Waals surface area contributed by atoms with E-state index in [1.807, 2.05) is 27.7 Å². The number of ether oxygens (including phenoxy) is 4. The predicted octanol–water partition coefficient (Wildman–Crippen LogP) is 3.01. The first kappa shape index (κ1) is 23.1. The lowest BCUT2D eigenvalue weighted by Gasteiger charge is -2.64. The zero-order valence-electron chi connectivity index (χ0n) is 19.7. The molecule has 31 heavy (non-hydrogen) atoms. The SMILES string of the molecule is CCO[C@H]1C[C@]2(CC[C@@]3(O2)[C@H](C)[C@@H](O)C(=O)[C@H]2C(C)(C)[C@H](OC(C)=O)CC[C@@]23C)CO1. The van der Waals surface area contributed by atoms with Crippen molar-refractivity contribution < 1.29 is 33.6 Å². The Morgan fingerprint density at radius 1 is 1.23 bits per heavy atom. The lowest BCUT2D eigenvalue weighted by molar-refractivity contribution is -0.266. The van der Waals surface area contributed by atoms with Crippen LogP contribution in [-0.2, 0) is 28.5 Å². The summed E-state index contributed by atoms with van der Waals surface area (Å²) >= 11 is 0. The third-order valence-electron chi connectivity index (χ3n) is 8.97. The highest BCUT2D eigenvalue weighted by molar-refractivity contribution is 5.89. The molecular formula is C24H38O7. The van der Waals surface area contributed by atoms with Gasteiger partial charge in [-0.25, -0.2) is 0 Å². The van der Waals surface area contributed by atoms with Gasteiger partial charge in [0.15, 0.2) is 12.1 Å². The van der Waals surface area contributed by atoms with Gasteiger partial charge in [-0.3, -0.25) is 9.59 Å². The van der Waals surface area contributed by atoms with E-state index >= 15 is 0 Å². The maximum atomic E-state index is 13.5. The fraction of sp³-hybridized carbons (Fsp3) is 0.917. The molecule has 0 unspecified atom stereocenters. The van der Waals surface area contributed by atoms with E-state index in [2.05, 4.69) is 6.92 Å². The standard InChI is InChI=1S/C24H38O7/c1-7-28-17-12-23(13-29-17)10-11-24(31-23)14(2)18(26)19(27)20-21(4,5)16(30-15(3)25)8-9-22(20,24)6/h14,16-18,20,26H,7-13H2,1-6H3/t14-,16-,17-,18-,20+,22+,23-,24-/m1/s1. The number of carbonyl (C=O) groups is 2. The van der Waals surface area contributed by atoms with Gasteiger partial charge in [-0.2, -0.15) is 0 Å². The number of hydrogen-bond donors (Lipinski definition) is 1. The van der Waals surface area contributed by atoms with Gasteiger partial charge < -0.3 is 24.1 Å². The Morgan fingerprint density at radius 2 is 1.94 bits per heavy atom. The van der Waals surface area contributed by atoms with Crippen LogP contribution in [0.4, 0.5) is 0 Å². The molecule has 0 amide bonds. The summed E-state index contributed by atoms with van der Waals surface area (Å²) in [7, 11) is 0. The summed E-state index contributed by atoms with van der Waals surface area (Å²) in [5, 5.41) is 11.1. The Bertz CT molecular complexity index is 750. The number of ketones is 1. The molecule has 7 nitrogen and oxygen atoms in total. The van der Waals surface area contributed by atoms with Crippen LogP contribution in [0.1, 0.15) is 73.6 Å². The van der Waals surface area contributed by atoms with Gasteiger partial charge in [-0.05, 0) is 32.6 Å². The Hall–Kier alpha value is -1.02. The summed E-state index contributed by atoms with van der Waals surface area (Å²) in [5.41, 5.74) is -2.17. The Balaban J connectivity index is 1.71. The molecule has 2 saturated carbocycles. The molecule has 2 saturated heterocycles. The van der Waals surface area contributed by atoms with Gasteiger partial charge >= 0.3 is 5.97 Å². The summed E-state index contributed by atoms with van der Waals surface area (Å²) in [6.45, 7) is 12.5. The van der Waals surface area contributed by atoms with E-state index in [9.17, 15) is 14.7 Å². The third kappa shape index (κ3) is 3.22. The lowest BCUT2D eigenvalue weighted by atomic mass is 9.43. The third-order valence-corrected chi connectivity index (χ3v) is 8.97. The predicted molar refractivity (Wildman–Crippen MR) is 112 cm³/mol. The highest BCUT2D eigenvalue weighted by Gasteiger charge is 2.73. The Labute approximate surface area is 185 Å². The van der Waals surface area contributed by atoms with Crippen molar-refractivity contribution in [1.29, 1.82) is 0 Å². The van der Waals surface area contributed by atoms with Gasteiger partial charge in [-0.15, -0.1) is 0 Å². The zero-order valence-corrected chi connectivity index (χ0v) is 19.7. The first-order chi connectivity index (χ1) is 14.4. The van der Waals surface area contributed by atoms with Crippen molar-refractivity contribution in [2.75, 3.05) is 13.2 Å². The minimum Gasteiger partial charge on any atom is -0.462 e. The topological polar surface area (TPSA) is 91.3 Å². The number of carbonyl (C=O) groups excluding carboxylic acids is 2. The molecule has 0 radical (unpaired) electrons. The first-order valence-corrected chi connectivity index (χ1v) is 11.7. The molecule has 2 aliphatic heterocycles. The molecular weight excluding hydrogens is 400 g/mol. The van der Waals surface area contributed by atoms with Crippen LogP contribution >= 0.6 is 0 Å². The summed E-state index contributed by atoms with van der Waals surface area (Å²) in [4.78, 5) is 25.3. The van der Waals surface area contributed by atoms with Crippen molar-refractivity contribution in [3.05, 3.63) is 0 Å². The highest BCUT2D eigenvalue weighted by atomic mass is 16.7. The van der Waals surface area contributed by atoms with Crippen molar-refractivity contribution in [3.63, 3.8) is 0 Å². The van der Waals surface area contributed by atoms with Crippen LogP contribution in [0.15, 0.2) is 0 Å². The van der Waals surface area contributed by atoms with Crippen molar-refractivity contribution in [2.24, 2.45) is 22.7 Å². The van der Waals surface area contributed by atoms with Crippen LogP contribution in [0.5, 0.6) is 0 Å². The molecule has 0 bridgehead atoms. The average molecular weight is 439 g/mol. The second-order valence-corrected chi connectivity index (χ2v) is 11.0. The van der Waals surface area contributed by atoms with Gasteiger partial charge in [0.1, 0.15) is 12.2 Å². The monoisotopic (exact) mass is 438 g/mol. The van der Waals surface area contributed by atoms with Crippen molar-refractivity contribution in [2.45, 2.75) is 103 Å². The number of rotatable bonds is 3. The second kappa shape index (κ2) is 7.51. The molecule has 176 valence electrons. The maximum Gasteiger partial charge on any atom is 0.302 e. The molecule has 0 aromatic heterocycles. The van der Waals surface area contributed by atoms with E-state index in [4.69, 9.17) is 18.9 Å². The van der Waals surface area contributed by atoms with Gasteiger partial charge in [0.05, 0.1) is 17.8 Å². The first-order valence-electron chi connectivity index (χ1n) is 11.7. The molecule has 7 heteroatoms. The molecule has 0 aromatic rings. The van der Waals surface area contributed by atoms with Crippen molar-refractivity contribution in [3.8, 4) is 0 Å². The van der Waals surface area contributed by atoms with Crippen LogP contribution in [0.3, 0.4) is 0 Å². The van der Waals surface area contributed by atoms with Crippen LogP contribution < -0.4 is 0 Å². The fourth-order valence-electron chi connectivity index (χ4n) is 7.52. The Morgan fingerprint density at radius 3 is 2.58 bits per heavy atom. The summed E-state index contributed by atoms with van der Waals surface area (Å²) < 4.78 is 24.2. The maximum absolute atomic E-state index is 13.5. The normalized spacial score (nSPS) is 48.9. The molecule has 4 rings (SSSR count). The second-order valence-electron chi connectivity index (χ2n) is 11.0. The van der Waals surface area contributed by atoms with Gasteiger partial charge in [-0.1, -0.05) is 27.7 Å². The van der Waals surface area contributed by atoms with E-state index in [1.165, 1.54) is 6.92 Å². The van der Waals surface area contributed by atoms with Crippen LogP contribution in [0, 0.1) is 22.7 Å². The molecule has 8 atom stereocenters. The number of esters is 1. The molecule has 4 fully saturated rings. The Kier molecular flexibility index (Phi) is 5.60. The van der Waals surface area contributed by atoms with Crippen molar-refractivity contribution >= 4 is 11.8 Å². The lowest BCUT2D eigenvalue weighted by Crippen LogP contribution is -2.71. The number of fused-ring (bicyclic) bond motifs is 2. The van der Waals surface area contributed by atoms with E-state index in [1.54, 1.807) is 0 Å². The minimum absolute atomic E-state index is 0.151. The van der Waals surface area contributed by atoms with E-state index in [-0.39, 0.29) is 30.1 Å². The molecule has 2 aliphatic carbocycles. The molecule has 2 spiro atoms. The van der Waals surface area contributed by atoms with Gasteiger partial charge in [0, 0.05) is 42.6 Å². The highest BCUT2D eigenvalue weighted by Crippen LogP contribution is 2.67. The number of Topliss-reactive ketones (excluding diaryl/α,β-unsaturated/α-hetero) is 1. The van der Waals surface area contributed by atoms with Crippen LogP contribution in [-0.4, -0.2) is 59.8 Å². The molecule has 0 aromatic carbocycles. The quantitative estimate of drug-likeness (QED) is 0.677. The van der Waals surface area contributed by atoms with Gasteiger partial charge in [0.25, 0.3) is 0 Å². The minimum atomic E-state index is -1.10. The number of aliphatic hydroxyl groups excluding tert-OH is 1. The van der Waals surface area contributed by atoms with Crippen LogP contribution in [0.2, 0.25) is 0 Å². The molecule has 4 aliphatic rings. The summed E-state index contributed by atoms with van der Waals surface area (Å²) in [5.74, 6) is -1.28. The molecule has 1 N–H and O–H groups in total. The van der Waals surface area contributed by atoms with E-state index in [0.717, 1.165) is 12.8 Å². The average Bonchev–Trinajstić information content (AvgIpc) is 3.26. The largest absolute Gasteiger partial charge is 0.462 e. The van der Waals surface area contributed by atoms with E-state index < -0.39 is 34.1 Å². The summed E-state index contributed by atoms with van der Waals surface area (Å²) in [6, 6.07) is 0. The fourth-order valence-corrected chi connectivity index (χ4v) is 7.52. The number of aliphatic hydroxyl groups is 1. The summed E-state index contributed by atoms with van der Waals surface area (Å²) in [6.07, 6.45) is 1.88. The molecule has 2 heterocycles. The smallest absolute Gasteiger partial charge is 0.302 e. The number of hydrogen-bond acceptors (Lipinski definition) is 7. The van der Waals surface area contributed by atoms with Crippen molar-refractivity contribution in [1.82, 2.24) is 0 Å². The zero-order chi connectivity index (χ0) is 22.8.